The van der Waals surface area contributed by atoms with Gasteiger partial charge in [0.25, 0.3) is 0 Å². The van der Waals surface area contributed by atoms with Gasteiger partial charge >= 0.3 is 0 Å². The summed E-state index contributed by atoms with van der Waals surface area (Å²) >= 11 is 6.09. The van der Waals surface area contributed by atoms with Crippen LogP contribution >= 0.6 is 11.6 Å². The lowest BCUT2D eigenvalue weighted by Gasteiger charge is -2.12. The van der Waals surface area contributed by atoms with Gasteiger partial charge in [-0.3, -0.25) is 0 Å². The first kappa shape index (κ1) is 15.8. The van der Waals surface area contributed by atoms with Crippen LogP contribution in [0.25, 0.3) is 0 Å². The predicted octanol–water partition coefficient (Wildman–Crippen LogP) is 2.74. The maximum atomic E-state index is 11.8. The second-order valence-electron chi connectivity index (χ2n) is 4.72. The van der Waals surface area contributed by atoms with Gasteiger partial charge in [0.05, 0.1) is 4.90 Å². The van der Waals surface area contributed by atoms with E-state index >= 15 is 0 Å². The van der Waals surface area contributed by atoms with Crippen LogP contribution in [0.15, 0.2) is 47.4 Å². The summed E-state index contributed by atoms with van der Waals surface area (Å²) in [5.41, 5.74) is 1.28. The highest BCUT2D eigenvalue weighted by molar-refractivity contribution is 7.90. The highest BCUT2D eigenvalue weighted by atomic mass is 35.5. The highest BCUT2D eigenvalue weighted by Crippen LogP contribution is 2.24. The van der Waals surface area contributed by atoms with Gasteiger partial charge < -0.3 is 10.4 Å². The minimum absolute atomic E-state index is 0.201. The lowest BCUT2D eigenvalue weighted by atomic mass is 10.2. The van der Waals surface area contributed by atoms with Crippen LogP contribution in [0.1, 0.15) is 11.1 Å². The van der Waals surface area contributed by atoms with Crippen molar-refractivity contribution in [3.05, 3.63) is 58.6 Å². The number of halogens is 1. The summed E-state index contributed by atoms with van der Waals surface area (Å²) in [5, 5.41) is 13.2. The molecule has 2 aromatic carbocycles. The average molecular weight is 326 g/mol. The van der Waals surface area contributed by atoms with Gasteiger partial charge in [-0.25, -0.2) is 8.42 Å². The van der Waals surface area contributed by atoms with E-state index in [2.05, 4.69) is 5.32 Å². The number of benzene rings is 2. The van der Waals surface area contributed by atoms with Crippen LogP contribution in [0.5, 0.6) is 5.75 Å². The highest BCUT2D eigenvalue weighted by Gasteiger charge is 2.15. The van der Waals surface area contributed by atoms with Crippen LogP contribution in [-0.2, 0) is 22.9 Å². The van der Waals surface area contributed by atoms with E-state index in [4.69, 9.17) is 11.6 Å². The summed E-state index contributed by atoms with van der Waals surface area (Å²) in [4.78, 5) is 0.222. The lowest BCUT2D eigenvalue weighted by molar-refractivity contribution is 0.464. The maximum Gasteiger partial charge on any atom is 0.175 e. The van der Waals surface area contributed by atoms with E-state index in [0.29, 0.717) is 23.7 Å². The molecule has 0 unspecified atom stereocenters. The molecule has 2 N–H and O–H groups in total. The molecule has 0 aliphatic carbocycles. The Morgan fingerprint density at radius 1 is 1.10 bits per heavy atom. The molecule has 0 amide bonds. The van der Waals surface area contributed by atoms with Gasteiger partial charge in [-0.15, -0.1) is 0 Å². The number of hydrogen-bond acceptors (Lipinski definition) is 4. The Hall–Kier alpha value is -1.56. The molecule has 0 saturated carbocycles. The van der Waals surface area contributed by atoms with Crippen LogP contribution in [0.4, 0.5) is 0 Å². The van der Waals surface area contributed by atoms with Gasteiger partial charge in [-0.05, 0) is 18.2 Å². The third kappa shape index (κ3) is 3.97. The summed E-state index contributed by atoms with van der Waals surface area (Å²) in [7, 11) is -3.33. The smallest absolute Gasteiger partial charge is 0.175 e. The van der Waals surface area contributed by atoms with E-state index in [0.717, 1.165) is 11.8 Å². The van der Waals surface area contributed by atoms with E-state index < -0.39 is 9.84 Å². The number of aromatic hydroxyl groups is 1. The van der Waals surface area contributed by atoms with E-state index in [1.807, 2.05) is 6.07 Å². The summed E-state index contributed by atoms with van der Waals surface area (Å²) in [6, 6.07) is 11.8. The molecule has 0 aliphatic heterocycles. The lowest BCUT2D eigenvalue weighted by Crippen LogP contribution is -2.15. The second kappa shape index (κ2) is 6.47. The van der Waals surface area contributed by atoms with Gasteiger partial charge in [0, 0.05) is 35.5 Å². The average Bonchev–Trinajstić information content (AvgIpc) is 2.41. The van der Waals surface area contributed by atoms with Crippen LogP contribution in [0, 0.1) is 0 Å². The van der Waals surface area contributed by atoms with Crippen molar-refractivity contribution in [2.24, 2.45) is 0 Å². The third-order valence-corrected chi connectivity index (χ3v) is 4.62. The first-order chi connectivity index (χ1) is 9.89. The van der Waals surface area contributed by atoms with E-state index in [9.17, 15) is 13.5 Å². The molecule has 0 bridgehead atoms. The predicted molar refractivity (Wildman–Crippen MR) is 83.2 cm³/mol. The maximum absolute atomic E-state index is 11.8. The van der Waals surface area contributed by atoms with E-state index in [-0.39, 0.29) is 10.6 Å². The monoisotopic (exact) mass is 325 g/mol. The molecule has 0 aromatic heterocycles. The van der Waals surface area contributed by atoms with Gasteiger partial charge in [-0.1, -0.05) is 35.9 Å². The largest absolute Gasteiger partial charge is 0.508 e. The molecule has 0 fully saturated rings. The van der Waals surface area contributed by atoms with Crippen molar-refractivity contribution in [2.45, 2.75) is 18.0 Å². The molecule has 2 aromatic rings. The van der Waals surface area contributed by atoms with Crippen molar-refractivity contribution >= 4 is 21.4 Å². The first-order valence-corrected chi connectivity index (χ1v) is 8.61. The quantitative estimate of drug-likeness (QED) is 0.887. The van der Waals surface area contributed by atoms with Crippen LogP contribution in [0.3, 0.4) is 0 Å². The zero-order chi connectivity index (χ0) is 15.5. The first-order valence-electron chi connectivity index (χ1n) is 6.34. The normalized spacial score (nSPS) is 11.5. The van der Waals surface area contributed by atoms with Crippen molar-refractivity contribution < 1.29 is 13.5 Å². The molecule has 21 heavy (non-hydrogen) atoms. The fraction of sp³-hybridized carbons (Fsp3) is 0.200. The minimum atomic E-state index is -3.33. The fourth-order valence-electron chi connectivity index (χ4n) is 2.04. The fourth-order valence-corrected chi connectivity index (χ4v) is 3.29. The van der Waals surface area contributed by atoms with Crippen LogP contribution in [0.2, 0.25) is 5.02 Å². The van der Waals surface area contributed by atoms with Gasteiger partial charge in [0.1, 0.15) is 5.75 Å². The number of hydrogen-bond donors (Lipinski definition) is 2. The van der Waals surface area contributed by atoms with Crippen molar-refractivity contribution in [1.29, 1.82) is 0 Å². The van der Waals surface area contributed by atoms with Crippen molar-refractivity contribution in [3.8, 4) is 5.75 Å². The Balaban J connectivity index is 2.16. The number of para-hydroxylation sites is 1. The Labute approximate surface area is 129 Å². The number of rotatable bonds is 5. The number of nitrogens with one attached hydrogen (secondary N) is 1. The number of sulfone groups is 1. The van der Waals surface area contributed by atoms with Crippen molar-refractivity contribution in [2.75, 3.05) is 6.26 Å². The molecule has 6 heteroatoms. The molecular weight excluding hydrogens is 310 g/mol. The minimum Gasteiger partial charge on any atom is -0.508 e. The molecule has 4 nitrogen and oxygen atoms in total. The topological polar surface area (TPSA) is 66.4 Å². The molecule has 0 atom stereocenters. The molecule has 0 heterocycles. The Morgan fingerprint density at radius 2 is 1.81 bits per heavy atom. The van der Waals surface area contributed by atoms with Crippen molar-refractivity contribution in [1.82, 2.24) is 5.32 Å². The summed E-state index contributed by atoms with van der Waals surface area (Å²) in [6.07, 6.45) is 1.16. The summed E-state index contributed by atoms with van der Waals surface area (Å²) < 4.78 is 23.5. The second-order valence-corrected chi connectivity index (χ2v) is 7.11. The Morgan fingerprint density at radius 3 is 2.48 bits per heavy atom. The molecule has 0 aliphatic rings. The molecule has 0 spiro atoms. The van der Waals surface area contributed by atoms with Crippen molar-refractivity contribution in [3.63, 3.8) is 0 Å². The molecule has 2 rings (SSSR count). The molecule has 112 valence electrons. The van der Waals surface area contributed by atoms with E-state index in [1.165, 1.54) is 6.07 Å². The molecule has 0 radical (unpaired) electrons. The Kier molecular flexibility index (Phi) is 4.88. The van der Waals surface area contributed by atoms with Crippen LogP contribution < -0.4 is 5.32 Å². The molecule has 0 saturated heterocycles. The third-order valence-electron chi connectivity index (χ3n) is 3.08. The Bertz CT molecular complexity index is 744. The SMILES string of the molecule is CS(=O)(=O)c1cccc(Cl)c1CNCc1ccccc1O. The summed E-state index contributed by atoms with van der Waals surface area (Å²) in [6.45, 7) is 0.720. The standard InChI is InChI=1S/C15H16ClNO3S/c1-21(19,20)15-8-4-6-13(16)12(15)10-17-9-11-5-2-3-7-14(11)18/h2-8,17-18H,9-10H2,1H3. The number of phenols is 1. The van der Waals surface area contributed by atoms with Gasteiger partial charge in [0.15, 0.2) is 9.84 Å². The number of phenolic OH excluding ortho intramolecular Hbond substituents is 1. The zero-order valence-electron chi connectivity index (χ0n) is 11.5. The zero-order valence-corrected chi connectivity index (χ0v) is 13.1. The van der Waals surface area contributed by atoms with Crippen LogP contribution in [-0.4, -0.2) is 19.8 Å². The van der Waals surface area contributed by atoms with Gasteiger partial charge in [0.2, 0.25) is 0 Å². The summed E-state index contributed by atoms with van der Waals surface area (Å²) in [5.74, 6) is 0.201. The van der Waals surface area contributed by atoms with Gasteiger partial charge in [-0.2, -0.15) is 0 Å². The van der Waals surface area contributed by atoms with E-state index in [1.54, 1.807) is 30.3 Å². The molecular formula is C15H16ClNO3S.